The molecule has 0 atom stereocenters. The van der Waals surface area contributed by atoms with E-state index < -0.39 is 0 Å². The number of rotatable bonds is 6. The summed E-state index contributed by atoms with van der Waals surface area (Å²) in [5, 5.41) is 0. The fraction of sp³-hybridized carbons (Fsp3) is 0.611. The van der Waals surface area contributed by atoms with Gasteiger partial charge >= 0.3 is 0 Å². The monoisotopic (exact) mass is 304 g/mol. The summed E-state index contributed by atoms with van der Waals surface area (Å²) < 4.78 is 5.34. The predicted molar refractivity (Wildman–Crippen MR) is 89.1 cm³/mol. The van der Waals surface area contributed by atoms with Crippen LogP contribution < -0.4 is 0 Å². The Hall–Kier alpha value is -1.39. The van der Waals surface area contributed by atoms with Crippen LogP contribution in [0.2, 0.25) is 0 Å². The Balaban J connectivity index is 1.73. The quantitative estimate of drug-likeness (QED) is 0.806. The van der Waals surface area contributed by atoms with Crippen molar-refractivity contribution in [1.29, 1.82) is 0 Å². The number of nitrogens with zero attached hydrogens (tertiary/aromatic N) is 2. The Morgan fingerprint density at radius 3 is 2.68 bits per heavy atom. The van der Waals surface area contributed by atoms with Crippen LogP contribution in [0.3, 0.4) is 0 Å². The summed E-state index contributed by atoms with van der Waals surface area (Å²) >= 11 is 0. The SMILES string of the molecule is Cc1ccc(CCC(=O)N(C)CCN2CCOCC2)c(C)c1. The maximum absolute atomic E-state index is 12.3. The number of morpholine rings is 1. The molecule has 1 aliphatic rings. The Morgan fingerprint density at radius 1 is 1.27 bits per heavy atom. The molecule has 1 saturated heterocycles. The number of aryl methyl sites for hydroxylation is 3. The molecular formula is C18H28N2O2. The van der Waals surface area contributed by atoms with Crippen molar-refractivity contribution in [2.75, 3.05) is 46.4 Å². The Labute approximate surface area is 134 Å². The second-order valence-electron chi connectivity index (χ2n) is 6.20. The van der Waals surface area contributed by atoms with Crippen LogP contribution in [0.1, 0.15) is 23.1 Å². The van der Waals surface area contributed by atoms with Crippen LogP contribution >= 0.6 is 0 Å². The van der Waals surface area contributed by atoms with Crippen molar-refractivity contribution in [3.05, 3.63) is 34.9 Å². The maximum Gasteiger partial charge on any atom is 0.222 e. The highest BCUT2D eigenvalue weighted by Gasteiger charge is 2.14. The van der Waals surface area contributed by atoms with E-state index in [9.17, 15) is 4.79 Å². The first-order valence-corrected chi connectivity index (χ1v) is 8.16. The number of carbonyl (C=O) groups excluding carboxylic acids is 1. The molecule has 1 amide bonds. The lowest BCUT2D eigenvalue weighted by atomic mass is 10.0. The summed E-state index contributed by atoms with van der Waals surface area (Å²) in [6.07, 6.45) is 1.41. The molecule has 0 saturated carbocycles. The molecule has 0 aromatic heterocycles. The standard InChI is InChI=1S/C18H28N2O2/c1-15-4-5-17(16(2)14-15)6-7-18(21)19(3)8-9-20-10-12-22-13-11-20/h4-5,14H,6-13H2,1-3H3. The van der Waals surface area contributed by atoms with Gasteiger partial charge in [0.25, 0.3) is 0 Å². The lowest BCUT2D eigenvalue weighted by Gasteiger charge is -2.28. The van der Waals surface area contributed by atoms with Crippen molar-refractivity contribution < 1.29 is 9.53 Å². The Bertz CT molecular complexity index is 496. The molecule has 1 heterocycles. The minimum absolute atomic E-state index is 0.230. The molecule has 0 N–H and O–H groups in total. The van der Waals surface area contributed by atoms with Gasteiger partial charge in [-0.25, -0.2) is 0 Å². The van der Waals surface area contributed by atoms with Crippen LogP contribution in [-0.4, -0.2) is 62.1 Å². The fourth-order valence-corrected chi connectivity index (χ4v) is 2.80. The summed E-state index contributed by atoms with van der Waals surface area (Å²) in [6, 6.07) is 6.45. The van der Waals surface area contributed by atoms with Gasteiger partial charge in [-0.15, -0.1) is 0 Å². The maximum atomic E-state index is 12.3. The van der Waals surface area contributed by atoms with E-state index in [2.05, 4.69) is 36.9 Å². The topological polar surface area (TPSA) is 32.8 Å². The molecule has 1 aromatic carbocycles. The van der Waals surface area contributed by atoms with Gasteiger partial charge in [-0.1, -0.05) is 23.8 Å². The highest BCUT2D eigenvalue weighted by molar-refractivity contribution is 5.76. The highest BCUT2D eigenvalue weighted by atomic mass is 16.5. The second-order valence-corrected chi connectivity index (χ2v) is 6.20. The van der Waals surface area contributed by atoms with E-state index in [0.717, 1.165) is 45.8 Å². The smallest absolute Gasteiger partial charge is 0.222 e. The highest BCUT2D eigenvalue weighted by Crippen LogP contribution is 2.13. The lowest BCUT2D eigenvalue weighted by molar-refractivity contribution is -0.130. The zero-order valence-corrected chi connectivity index (χ0v) is 14.1. The number of likely N-dealkylation sites (N-methyl/N-ethyl adjacent to an activating group) is 1. The largest absolute Gasteiger partial charge is 0.379 e. The van der Waals surface area contributed by atoms with Gasteiger partial charge in [-0.05, 0) is 31.4 Å². The summed E-state index contributed by atoms with van der Waals surface area (Å²) in [7, 11) is 1.91. The van der Waals surface area contributed by atoms with E-state index in [1.54, 1.807) is 0 Å². The van der Waals surface area contributed by atoms with Gasteiger partial charge in [0.2, 0.25) is 5.91 Å². The Morgan fingerprint density at radius 2 is 2.00 bits per heavy atom. The molecule has 4 nitrogen and oxygen atoms in total. The van der Waals surface area contributed by atoms with Gasteiger partial charge in [-0.2, -0.15) is 0 Å². The zero-order valence-electron chi connectivity index (χ0n) is 14.1. The van der Waals surface area contributed by atoms with Gasteiger partial charge in [0.1, 0.15) is 0 Å². The molecule has 122 valence electrons. The van der Waals surface area contributed by atoms with E-state index in [1.165, 1.54) is 16.7 Å². The molecule has 0 radical (unpaired) electrons. The molecule has 22 heavy (non-hydrogen) atoms. The van der Waals surface area contributed by atoms with Crippen LogP contribution in [0.15, 0.2) is 18.2 Å². The number of hydrogen-bond donors (Lipinski definition) is 0. The lowest BCUT2D eigenvalue weighted by Crippen LogP contribution is -2.42. The second kappa shape index (κ2) is 8.30. The van der Waals surface area contributed by atoms with E-state index in [-0.39, 0.29) is 5.91 Å². The van der Waals surface area contributed by atoms with E-state index in [4.69, 9.17) is 4.74 Å². The molecule has 1 aliphatic heterocycles. The third-order valence-electron chi connectivity index (χ3n) is 4.39. The average molecular weight is 304 g/mol. The molecule has 2 rings (SSSR count). The molecule has 0 spiro atoms. The number of amides is 1. The molecule has 0 aliphatic carbocycles. The van der Waals surface area contributed by atoms with Crippen molar-refractivity contribution in [1.82, 2.24) is 9.80 Å². The molecule has 1 fully saturated rings. The van der Waals surface area contributed by atoms with Crippen molar-refractivity contribution >= 4 is 5.91 Å². The first-order valence-electron chi connectivity index (χ1n) is 8.16. The van der Waals surface area contributed by atoms with E-state index in [0.29, 0.717) is 6.42 Å². The number of benzene rings is 1. The minimum Gasteiger partial charge on any atom is -0.379 e. The molecule has 0 bridgehead atoms. The normalized spacial score (nSPS) is 15.8. The molecule has 1 aromatic rings. The number of carbonyl (C=O) groups is 1. The van der Waals surface area contributed by atoms with Gasteiger partial charge in [0.15, 0.2) is 0 Å². The van der Waals surface area contributed by atoms with Crippen molar-refractivity contribution in [3.8, 4) is 0 Å². The van der Waals surface area contributed by atoms with Crippen LogP contribution in [0.4, 0.5) is 0 Å². The summed E-state index contributed by atoms with van der Waals surface area (Å²) in [6.45, 7) is 9.53. The minimum atomic E-state index is 0.230. The third kappa shape index (κ3) is 5.11. The average Bonchev–Trinajstić information content (AvgIpc) is 2.52. The first-order chi connectivity index (χ1) is 10.6. The van der Waals surface area contributed by atoms with Crippen LogP contribution in [-0.2, 0) is 16.0 Å². The van der Waals surface area contributed by atoms with Gasteiger partial charge in [0, 0.05) is 39.6 Å². The summed E-state index contributed by atoms with van der Waals surface area (Å²) in [5.74, 6) is 0.230. The molecule has 0 unspecified atom stereocenters. The van der Waals surface area contributed by atoms with Crippen LogP contribution in [0.25, 0.3) is 0 Å². The van der Waals surface area contributed by atoms with Gasteiger partial charge in [0.05, 0.1) is 13.2 Å². The number of ether oxygens (including phenoxy) is 1. The van der Waals surface area contributed by atoms with Crippen LogP contribution in [0.5, 0.6) is 0 Å². The summed E-state index contributed by atoms with van der Waals surface area (Å²) in [4.78, 5) is 16.5. The van der Waals surface area contributed by atoms with E-state index >= 15 is 0 Å². The van der Waals surface area contributed by atoms with Gasteiger partial charge in [-0.3, -0.25) is 9.69 Å². The predicted octanol–water partition coefficient (Wildman–Crippen LogP) is 2.03. The van der Waals surface area contributed by atoms with Crippen molar-refractivity contribution in [3.63, 3.8) is 0 Å². The molecule has 4 heteroatoms. The van der Waals surface area contributed by atoms with Crippen molar-refractivity contribution in [2.45, 2.75) is 26.7 Å². The summed E-state index contributed by atoms with van der Waals surface area (Å²) in [5.41, 5.74) is 3.83. The van der Waals surface area contributed by atoms with Crippen LogP contribution in [0, 0.1) is 13.8 Å². The third-order valence-corrected chi connectivity index (χ3v) is 4.39. The first kappa shape index (κ1) is 17.0. The van der Waals surface area contributed by atoms with Crippen molar-refractivity contribution in [2.24, 2.45) is 0 Å². The van der Waals surface area contributed by atoms with Gasteiger partial charge < -0.3 is 9.64 Å². The number of hydrogen-bond acceptors (Lipinski definition) is 3. The Kier molecular flexibility index (Phi) is 6.40. The zero-order chi connectivity index (χ0) is 15.9. The fourth-order valence-electron chi connectivity index (χ4n) is 2.80. The molecular weight excluding hydrogens is 276 g/mol. The van der Waals surface area contributed by atoms with E-state index in [1.807, 2.05) is 11.9 Å².